The highest BCUT2D eigenvalue weighted by Crippen LogP contribution is 2.25. The predicted molar refractivity (Wildman–Crippen MR) is 93.5 cm³/mol. The molecule has 8 heteroatoms. The number of aromatic nitrogens is 3. The van der Waals surface area contributed by atoms with Crippen molar-refractivity contribution >= 4 is 17.8 Å². The zero-order chi connectivity index (χ0) is 17.2. The van der Waals surface area contributed by atoms with Gasteiger partial charge in [-0.15, -0.1) is 5.10 Å². The monoisotopic (exact) mass is 335 g/mol. The molecule has 8 nitrogen and oxygen atoms in total. The molecule has 2 aliphatic rings. The van der Waals surface area contributed by atoms with Crippen molar-refractivity contribution in [3.63, 3.8) is 0 Å². The SMILES string of the molecule is CC(C)(C(=O)N1CCC(Nc2n[nH]c(N)n2)CC1)N1CCCCC1. The van der Waals surface area contributed by atoms with Crippen LogP contribution in [-0.4, -0.2) is 68.6 Å². The Hall–Kier alpha value is -1.83. The van der Waals surface area contributed by atoms with Crippen molar-refractivity contribution in [3.05, 3.63) is 0 Å². The number of carbonyl (C=O) groups excluding carboxylic acids is 1. The third-order valence-corrected chi connectivity index (χ3v) is 5.29. The van der Waals surface area contributed by atoms with Gasteiger partial charge in [0.15, 0.2) is 0 Å². The summed E-state index contributed by atoms with van der Waals surface area (Å²) in [5.74, 6) is 1.10. The summed E-state index contributed by atoms with van der Waals surface area (Å²) < 4.78 is 0. The summed E-state index contributed by atoms with van der Waals surface area (Å²) in [5, 5.41) is 9.91. The molecule has 1 aromatic rings. The van der Waals surface area contributed by atoms with E-state index < -0.39 is 5.54 Å². The number of hydrogen-bond donors (Lipinski definition) is 3. The Kier molecular flexibility index (Phi) is 4.93. The Bertz CT molecular complexity index is 557. The van der Waals surface area contributed by atoms with Crippen LogP contribution in [0.1, 0.15) is 46.0 Å². The van der Waals surface area contributed by atoms with Gasteiger partial charge < -0.3 is 16.0 Å². The Morgan fingerprint density at radius 3 is 2.46 bits per heavy atom. The molecule has 0 spiro atoms. The fourth-order valence-corrected chi connectivity index (χ4v) is 3.72. The quantitative estimate of drug-likeness (QED) is 0.760. The van der Waals surface area contributed by atoms with Gasteiger partial charge in [-0.05, 0) is 52.6 Å². The molecule has 3 heterocycles. The van der Waals surface area contributed by atoms with Crippen molar-refractivity contribution in [2.24, 2.45) is 0 Å². The molecule has 0 radical (unpaired) electrons. The third-order valence-electron chi connectivity index (χ3n) is 5.29. The van der Waals surface area contributed by atoms with Gasteiger partial charge in [-0.25, -0.2) is 5.10 Å². The number of nitrogen functional groups attached to an aromatic ring is 1. The van der Waals surface area contributed by atoms with Gasteiger partial charge in [-0.3, -0.25) is 9.69 Å². The Labute approximate surface area is 143 Å². The normalized spacial score (nSPS) is 21.0. The second kappa shape index (κ2) is 6.96. The van der Waals surface area contributed by atoms with Crippen LogP contribution in [0.25, 0.3) is 0 Å². The molecule has 0 unspecified atom stereocenters. The van der Waals surface area contributed by atoms with E-state index >= 15 is 0 Å². The van der Waals surface area contributed by atoms with Crippen LogP contribution >= 0.6 is 0 Å². The Morgan fingerprint density at radius 2 is 1.88 bits per heavy atom. The number of likely N-dealkylation sites (tertiary alicyclic amines) is 2. The van der Waals surface area contributed by atoms with Crippen molar-refractivity contribution in [1.29, 1.82) is 0 Å². The van der Waals surface area contributed by atoms with Gasteiger partial charge in [0.25, 0.3) is 0 Å². The van der Waals surface area contributed by atoms with E-state index in [1.165, 1.54) is 19.3 Å². The molecule has 1 amide bonds. The van der Waals surface area contributed by atoms with Gasteiger partial charge in [0, 0.05) is 19.1 Å². The van der Waals surface area contributed by atoms with Gasteiger partial charge in [-0.1, -0.05) is 6.42 Å². The lowest BCUT2D eigenvalue weighted by Crippen LogP contribution is -2.59. The first-order chi connectivity index (χ1) is 11.5. The lowest BCUT2D eigenvalue weighted by molar-refractivity contribution is -0.144. The third kappa shape index (κ3) is 3.63. The summed E-state index contributed by atoms with van der Waals surface area (Å²) in [5.41, 5.74) is 5.13. The van der Waals surface area contributed by atoms with E-state index in [4.69, 9.17) is 5.73 Å². The van der Waals surface area contributed by atoms with Crippen molar-refractivity contribution in [2.75, 3.05) is 37.2 Å². The average Bonchev–Trinajstić information content (AvgIpc) is 3.00. The number of nitrogens with two attached hydrogens (primary N) is 1. The first-order valence-electron chi connectivity index (χ1n) is 8.95. The van der Waals surface area contributed by atoms with Crippen LogP contribution in [0, 0.1) is 0 Å². The first-order valence-corrected chi connectivity index (χ1v) is 8.95. The smallest absolute Gasteiger partial charge is 0.243 e. The molecule has 0 aromatic carbocycles. The fraction of sp³-hybridized carbons (Fsp3) is 0.812. The molecule has 24 heavy (non-hydrogen) atoms. The van der Waals surface area contributed by atoms with Crippen LogP contribution in [0.5, 0.6) is 0 Å². The van der Waals surface area contributed by atoms with Crippen LogP contribution in [0.15, 0.2) is 0 Å². The van der Waals surface area contributed by atoms with E-state index in [0.717, 1.165) is 39.0 Å². The standard InChI is InChI=1S/C16H29N7O/c1-16(2,23-8-4-3-5-9-23)13(24)22-10-6-12(7-11-22)18-15-19-14(17)20-21-15/h12H,3-11H2,1-2H3,(H4,17,18,19,20,21). The van der Waals surface area contributed by atoms with E-state index in [0.29, 0.717) is 11.9 Å². The van der Waals surface area contributed by atoms with Gasteiger partial charge in [0.05, 0.1) is 5.54 Å². The van der Waals surface area contributed by atoms with E-state index in [-0.39, 0.29) is 11.9 Å². The second-order valence-corrected chi connectivity index (χ2v) is 7.36. The highest BCUT2D eigenvalue weighted by molar-refractivity contribution is 5.85. The number of nitrogens with one attached hydrogen (secondary N) is 2. The first kappa shape index (κ1) is 17.0. The van der Waals surface area contributed by atoms with E-state index in [9.17, 15) is 4.79 Å². The van der Waals surface area contributed by atoms with E-state index in [1.54, 1.807) is 0 Å². The van der Waals surface area contributed by atoms with Crippen LogP contribution in [0.4, 0.5) is 11.9 Å². The lowest BCUT2D eigenvalue weighted by Gasteiger charge is -2.44. The molecule has 2 aliphatic heterocycles. The number of amides is 1. The largest absolute Gasteiger partial charge is 0.368 e. The number of nitrogens with zero attached hydrogens (tertiary/aromatic N) is 4. The predicted octanol–water partition coefficient (Wildman–Crippen LogP) is 1.05. The zero-order valence-corrected chi connectivity index (χ0v) is 14.7. The molecular formula is C16H29N7O. The summed E-state index contributed by atoms with van der Waals surface area (Å²) in [6, 6.07) is 0.280. The highest BCUT2D eigenvalue weighted by atomic mass is 16.2. The number of hydrogen-bond acceptors (Lipinski definition) is 6. The lowest BCUT2D eigenvalue weighted by atomic mass is 9.95. The van der Waals surface area contributed by atoms with Crippen molar-refractivity contribution in [3.8, 4) is 0 Å². The molecular weight excluding hydrogens is 306 g/mol. The molecule has 0 atom stereocenters. The topological polar surface area (TPSA) is 103 Å². The molecule has 134 valence electrons. The van der Waals surface area contributed by atoms with Gasteiger partial charge >= 0.3 is 0 Å². The van der Waals surface area contributed by atoms with Crippen molar-refractivity contribution in [1.82, 2.24) is 25.0 Å². The highest BCUT2D eigenvalue weighted by Gasteiger charge is 2.39. The van der Waals surface area contributed by atoms with E-state index in [2.05, 4.69) is 39.2 Å². The van der Waals surface area contributed by atoms with Crippen molar-refractivity contribution < 1.29 is 4.79 Å². The van der Waals surface area contributed by atoms with Gasteiger partial charge in [0.1, 0.15) is 0 Å². The van der Waals surface area contributed by atoms with Crippen LogP contribution in [0.3, 0.4) is 0 Å². The minimum atomic E-state index is -0.404. The molecule has 0 bridgehead atoms. The average molecular weight is 335 g/mol. The van der Waals surface area contributed by atoms with Crippen molar-refractivity contribution in [2.45, 2.75) is 57.5 Å². The molecule has 2 saturated heterocycles. The Balaban J connectivity index is 1.52. The number of carbonyl (C=O) groups is 1. The van der Waals surface area contributed by atoms with Crippen LogP contribution in [-0.2, 0) is 4.79 Å². The molecule has 2 fully saturated rings. The van der Waals surface area contributed by atoms with E-state index in [1.807, 2.05) is 4.90 Å². The number of rotatable bonds is 4. The number of anilines is 2. The molecule has 0 saturated carbocycles. The summed E-state index contributed by atoms with van der Waals surface area (Å²) in [6.07, 6.45) is 5.47. The summed E-state index contributed by atoms with van der Waals surface area (Å²) in [6.45, 7) is 7.75. The maximum absolute atomic E-state index is 13.0. The summed E-state index contributed by atoms with van der Waals surface area (Å²) in [7, 11) is 0. The van der Waals surface area contributed by atoms with Crippen LogP contribution < -0.4 is 11.1 Å². The molecule has 0 aliphatic carbocycles. The zero-order valence-electron chi connectivity index (χ0n) is 14.7. The molecule has 3 rings (SSSR count). The summed E-state index contributed by atoms with van der Waals surface area (Å²) in [4.78, 5) is 21.4. The number of H-pyrrole nitrogens is 1. The Morgan fingerprint density at radius 1 is 1.21 bits per heavy atom. The minimum absolute atomic E-state index is 0.255. The molecule has 1 aromatic heterocycles. The maximum atomic E-state index is 13.0. The minimum Gasteiger partial charge on any atom is -0.368 e. The maximum Gasteiger partial charge on any atom is 0.243 e. The fourth-order valence-electron chi connectivity index (χ4n) is 3.72. The summed E-state index contributed by atoms with van der Waals surface area (Å²) >= 11 is 0. The second-order valence-electron chi connectivity index (χ2n) is 7.36. The van der Waals surface area contributed by atoms with Gasteiger partial charge in [-0.2, -0.15) is 4.98 Å². The van der Waals surface area contributed by atoms with Crippen LogP contribution in [0.2, 0.25) is 0 Å². The molecule has 4 N–H and O–H groups in total. The number of aromatic amines is 1. The number of piperidine rings is 2. The van der Waals surface area contributed by atoms with Gasteiger partial charge in [0.2, 0.25) is 17.8 Å².